The predicted octanol–water partition coefficient (Wildman–Crippen LogP) is 6.56. The summed E-state index contributed by atoms with van der Waals surface area (Å²) in [5.74, 6) is 0.242. The molecule has 0 aliphatic rings. The summed E-state index contributed by atoms with van der Waals surface area (Å²) in [5.41, 5.74) is 2.43. The number of nitrogens with zero attached hydrogens (tertiary/aromatic N) is 4. The molecule has 0 radical (unpaired) electrons. The van der Waals surface area contributed by atoms with Crippen molar-refractivity contribution in [3.63, 3.8) is 0 Å². The van der Waals surface area contributed by atoms with Crippen molar-refractivity contribution in [2.45, 2.75) is 20.0 Å². The number of benzene rings is 2. The molecule has 0 fully saturated rings. The molecule has 39 heavy (non-hydrogen) atoms. The molecule has 3 aromatic heterocycles. The summed E-state index contributed by atoms with van der Waals surface area (Å²) in [6.45, 7) is 3.50. The molecule has 3 heterocycles. The Morgan fingerprint density at radius 3 is 2.51 bits per heavy atom. The molecule has 0 aliphatic heterocycles. The highest BCUT2D eigenvalue weighted by Gasteiger charge is 2.34. The maximum absolute atomic E-state index is 13.9. The Bertz CT molecular complexity index is 1650. The fourth-order valence-corrected chi connectivity index (χ4v) is 3.96. The van der Waals surface area contributed by atoms with Crippen LogP contribution >= 0.6 is 0 Å². The van der Waals surface area contributed by atoms with Gasteiger partial charge in [-0.1, -0.05) is 12.1 Å². The van der Waals surface area contributed by atoms with Gasteiger partial charge in [0.25, 0.3) is 5.91 Å². The first-order valence-corrected chi connectivity index (χ1v) is 11.8. The molecular weight excluding hydrogens is 507 g/mol. The third kappa shape index (κ3) is 5.77. The Balaban J connectivity index is 1.38. The molecule has 11 heteroatoms. The number of aromatic amines is 1. The van der Waals surface area contributed by atoms with Crippen molar-refractivity contribution >= 4 is 23.2 Å². The molecule has 2 aromatic carbocycles. The van der Waals surface area contributed by atoms with Gasteiger partial charge in [-0.15, -0.1) is 0 Å². The Kier molecular flexibility index (Phi) is 6.80. The number of halogens is 3. The fraction of sp³-hybridized carbons (Fsp3) is 0.107. The number of carbonyl (C=O) groups is 1. The molecule has 0 spiro atoms. The highest BCUT2D eigenvalue weighted by Crippen LogP contribution is 2.38. The number of H-pyrrole nitrogens is 1. The average molecular weight is 530 g/mol. The highest BCUT2D eigenvalue weighted by molar-refractivity contribution is 6.05. The smallest absolute Gasteiger partial charge is 0.342 e. The van der Waals surface area contributed by atoms with Crippen molar-refractivity contribution < 1.29 is 18.0 Å². The van der Waals surface area contributed by atoms with Gasteiger partial charge in [0.1, 0.15) is 5.82 Å². The minimum atomic E-state index is -4.64. The van der Waals surface area contributed by atoms with Crippen molar-refractivity contribution in [1.82, 2.24) is 24.9 Å². The molecule has 1 amide bonds. The van der Waals surface area contributed by atoms with Crippen LogP contribution in [0.25, 0.3) is 22.5 Å². The number of hydrogen-bond acceptors (Lipinski definition) is 6. The lowest BCUT2D eigenvalue weighted by atomic mass is 10.0. The van der Waals surface area contributed by atoms with Gasteiger partial charge in [-0.3, -0.25) is 9.78 Å². The average Bonchev–Trinajstić information content (AvgIpc) is 3.36. The number of aromatic nitrogens is 5. The van der Waals surface area contributed by atoms with Crippen LogP contribution in [0.1, 0.15) is 27.3 Å². The molecule has 0 aliphatic carbocycles. The van der Waals surface area contributed by atoms with Crippen LogP contribution < -0.4 is 10.6 Å². The van der Waals surface area contributed by atoms with Crippen LogP contribution in [0.2, 0.25) is 0 Å². The molecule has 0 bridgehead atoms. The Hall–Kier alpha value is -5.06. The first kappa shape index (κ1) is 25.6. The maximum Gasteiger partial charge on any atom is 0.417 e. The van der Waals surface area contributed by atoms with Crippen molar-refractivity contribution in [1.29, 1.82) is 0 Å². The normalized spacial score (nSPS) is 11.3. The molecule has 0 saturated heterocycles. The lowest BCUT2D eigenvalue weighted by Crippen LogP contribution is -2.14. The Morgan fingerprint density at radius 2 is 1.79 bits per heavy atom. The third-order valence-corrected chi connectivity index (χ3v) is 5.93. The second-order valence-electron chi connectivity index (χ2n) is 8.76. The van der Waals surface area contributed by atoms with Crippen LogP contribution in [-0.4, -0.2) is 30.8 Å². The minimum Gasteiger partial charge on any atom is -0.342 e. The number of aryl methyl sites for hydroxylation is 2. The molecule has 5 rings (SSSR count). The van der Waals surface area contributed by atoms with Crippen molar-refractivity contribution in [2.24, 2.45) is 0 Å². The lowest BCUT2D eigenvalue weighted by molar-refractivity contribution is -0.137. The number of hydrogen-bond donors (Lipinski definition) is 3. The number of imidazole rings is 1. The van der Waals surface area contributed by atoms with Crippen LogP contribution in [0.4, 0.5) is 30.5 Å². The first-order valence-electron chi connectivity index (χ1n) is 11.8. The number of rotatable bonds is 6. The van der Waals surface area contributed by atoms with Crippen LogP contribution in [0, 0.1) is 13.8 Å². The largest absolute Gasteiger partial charge is 0.417 e. The van der Waals surface area contributed by atoms with Crippen molar-refractivity contribution in [3.05, 3.63) is 102 Å². The summed E-state index contributed by atoms with van der Waals surface area (Å²) in [5, 5.41) is 5.68. The van der Waals surface area contributed by atoms with Crippen molar-refractivity contribution in [2.75, 3.05) is 10.6 Å². The second kappa shape index (κ2) is 10.4. The number of anilines is 3. The summed E-state index contributed by atoms with van der Waals surface area (Å²) in [6, 6.07) is 14.0. The third-order valence-electron chi connectivity index (χ3n) is 5.93. The van der Waals surface area contributed by atoms with Gasteiger partial charge in [-0.25, -0.2) is 15.0 Å². The molecular formula is C28H22F3N7O. The Morgan fingerprint density at radius 1 is 0.949 bits per heavy atom. The predicted molar refractivity (Wildman–Crippen MR) is 141 cm³/mol. The monoisotopic (exact) mass is 529 g/mol. The van der Waals surface area contributed by atoms with Gasteiger partial charge >= 0.3 is 6.18 Å². The molecule has 0 unspecified atom stereocenters. The van der Waals surface area contributed by atoms with Crippen molar-refractivity contribution in [3.8, 4) is 22.5 Å². The maximum atomic E-state index is 13.9. The molecule has 196 valence electrons. The van der Waals surface area contributed by atoms with E-state index >= 15 is 0 Å². The van der Waals surface area contributed by atoms with E-state index in [9.17, 15) is 18.0 Å². The van der Waals surface area contributed by atoms with E-state index in [4.69, 9.17) is 0 Å². The number of alkyl halides is 3. The minimum absolute atomic E-state index is 0.00917. The zero-order valence-electron chi connectivity index (χ0n) is 20.8. The van der Waals surface area contributed by atoms with Gasteiger partial charge in [-0.05, 0) is 61.9 Å². The first-order chi connectivity index (χ1) is 18.7. The van der Waals surface area contributed by atoms with E-state index in [1.807, 2.05) is 13.0 Å². The summed E-state index contributed by atoms with van der Waals surface area (Å²) >= 11 is 0. The number of carbonyl (C=O) groups excluding carboxylic acids is 1. The fourth-order valence-electron chi connectivity index (χ4n) is 3.96. The van der Waals surface area contributed by atoms with Gasteiger partial charge in [0.2, 0.25) is 5.95 Å². The SMILES string of the molecule is Cc1ncc(-c2ccc(NC(=O)c3ccc(C)c(Nc4nccc(-c5cccnc5)n4)c3)cc2C(F)(F)F)[nH]1. The van der Waals surface area contributed by atoms with E-state index in [1.54, 1.807) is 55.8 Å². The molecule has 8 nitrogen and oxygen atoms in total. The number of amides is 1. The van der Waals surface area contributed by atoms with Crippen LogP contribution in [-0.2, 0) is 6.18 Å². The second-order valence-corrected chi connectivity index (χ2v) is 8.76. The van der Waals surface area contributed by atoms with Gasteiger partial charge < -0.3 is 15.6 Å². The van der Waals surface area contributed by atoms with E-state index < -0.39 is 17.6 Å². The Labute approximate surface area is 221 Å². The summed E-state index contributed by atoms with van der Waals surface area (Å²) in [7, 11) is 0. The van der Waals surface area contributed by atoms with E-state index in [0.29, 0.717) is 23.2 Å². The highest BCUT2D eigenvalue weighted by atomic mass is 19.4. The van der Waals surface area contributed by atoms with Gasteiger partial charge in [0.15, 0.2) is 0 Å². The summed E-state index contributed by atoms with van der Waals surface area (Å²) in [4.78, 5) is 32.7. The van der Waals surface area contributed by atoms with E-state index in [0.717, 1.165) is 17.2 Å². The van der Waals surface area contributed by atoms with Gasteiger partial charge in [0.05, 0.1) is 23.1 Å². The molecule has 0 atom stereocenters. The zero-order valence-corrected chi connectivity index (χ0v) is 20.8. The van der Waals surface area contributed by atoms with Gasteiger partial charge in [0, 0.05) is 46.7 Å². The number of pyridine rings is 1. The lowest BCUT2D eigenvalue weighted by Gasteiger charge is -2.15. The standard InChI is InChI=1S/C28H22F3N7O/c1-16-5-6-18(12-24(16)38-27-33-11-9-23(37-27)19-4-3-10-32-14-19)26(39)36-20-7-8-21(22(13-20)28(29,30)31)25-15-34-17(2)35-25/h3-15H,1-2H3,(H,34,35)(H,36,39)(H,33,37,38). The van der Waals surface area contributed by atoms with Crippen LogP contribution in [0.5, 0.6) is 0 Å². The zero-order chi connectivity index (χ0) is 27.6. The van der Waals surface area contributed by atoms with E-state index in [2.05, 4.69) is 35.6 Å². The van der Waals surface area contributed by atoms with E-state index in [-0.39, 0.29) is 22.5 Å². The van der Waals surface area contributed by atoms with Crippen LogP contribution in [0.3, 0.4) is 0 Å². The summed E-state index contributed by atoms with van der Waals surface area (Å²) < 4.78 is 41.6. The van der Waals surface area contributed by atoms with Crippen LogP contribution in [0.15, 0.2) is 79.4 Å². The topological polar surface area (TPSA) is 108 Å². The molecule has 0 saturated carbocycles. The molecule has 3 N–H and O–H groups in total. The summed E-state index contributed by atoms with van der Waals surface area (Å²) in [6.07, 6.45) is 1.67. The quantitative estimate of drug-likeness (QED) is 0.230. The van der Waals surface area contributed by atoms with Gasteiger partial charge in [-0.2, -0.15) is 13.2 Å². The van der Waals surface area contributed by atoms with E-state index in [1.165, 1.54) is 18.3 Å². The molecule has 5 aromatic rings. The number of nitrogens with one attached hydrogen (secondary N) is 3.